The first-order valence-electron chi connectivity index (χ1n) is 6.36. The number of halogens is 2. The molecule has 0 radical (unpaired) electrons. The molecule has 1 aromatic rings. The van der Waals surface area contributed by atoms with E-state index in [2.05, 4.69) is 28.2 Å². The van der Waals surface area contributed by atoms with E-state index in [4.69, 9.17) is 4.74 Å². The number of nitrogens with one attached hydrogen (secondary N) is 1. The molecular weight excluding hydrogens is 313 g/mol. The maximum Gasteiger partial charge on any atom is 0.260 e. The van der Waals surface area contributed by atoms with Gasteiger partial charge in [-0.05, 0) is 48.3 Å². The largest absolute Gasteiger partial charge is 0.480 e. The third-order valence-electron chi connectivity index (χ3n) is 2.68. The topological polar surface area (TPSA) is 38.3 Å². The van der Waals surface area contributed by atoms with E-state index in [0.29, 0.717) is 10.2 Å². The first-order chi connectivity index (χ1) is 8.93. The molecule has 1 aromatic carbocycles. The van der Waals surface area contributed by atoms with Crippen molar-refractivity contribution in [1.82, 2.24) is 5.32 Å². The van der Waals surface area contributed by atoms with Crippen LogP contribution in [0.1, 0.15) is 33.6 Å². The predicted molar refractivity (Wildman–Crippen MR) is 76.7 cm³/mol. The highest BCUT2D eigenvalue weighted by atomic mass is 79.9. The zero-order valence-electron chi connectivity index (χ0n) is 11.4. The Morgan fingerprint density at radius 2 is 2.16 bits per heavy atom. The van der Waals surface area contributed by atoms with Gasteiger partial charge in [0.2, 0.25) is 0 Å². The van der Waals surface area contributed by atoms with Crippen LogP contribution in [0.25, 0.3) is 0 Å². The van der Waals surface area contributed by atoms with Gasteiger partial charge >= 0.3 is 0 Å². The second-order valence-electron chi connectivity index (χ2n) is 4.53. The fraction of sp³-hybridized carbons (Fsp3) is 0.500. The van der Waals surface area contributed by atoms with Crippen LogP contribution < -0.4 is 10.1 Å². The summed E-state index contributed by atoms with van der Waals surface area (Å²) in [6.07, 6.45) is 1.26. The zero-order valence-corrected chi connectivity index (χ0v) is 13.0. The van der Waals surface area contributed by atoms with Gasteiger partial charge in [0.25, 0.3) is 5.91 Å². The average molecular weight is 332 g/mol. The van der Waals surface area contributed by atoms with Gasteiger partial charge in [-0.2, -0.15) is 0 Å². The summed E-state index contributed by atoms with van der Waals surface area (Å²) in [6, 6.07) is 4.24. The van der Waals surface area contributed by atoms with Crippen LogP contribution in [0.3, 0.4) is 0 Å². The Balaban J connectivity index is 2.61. The highest BCUT2D eigenvalue weighted by Gasteiger charge is 2.17. The Bertz CT molecular complexity index is 439. The lowest BCUT2D eigenvalue weighted by Gasteiger charge is -2.19. The van der Waals surface area contributed by atoms with E-state index in [0.717, 1.165) is 12.8 Å². The Kier molecular flexibility index (Phi) is 6.28. The van der Waals surface area contributed by atoms with Crippen LogP contribution in [-0.4, -0.2) is 18.1 Å². The van der Waals surface area contributed by atoms with E-state index < -0.39 is 11.9 Å². The van der Waals surface area contributed by atoms with Crippen LogP contribution in [-0.2, 0) is 4.79 Å². The van der Waals surface area contributed by atoms with Crippen molar-refractivity contribution < 1.29 is 13.9 Å². The van der Waals surface area contributed by atoms with Crippen molar-refractivity contribution in [3.05, 3.63) is 28.5 Å². The fourth-order valence-corrected chi connectivity index (χ4v) is 2.02. The Morgan fingerprint density at radius 3 is 2.79 bits per heavy atom. The maximum atomic E-state index is 13.1. The summed E-state index contributed by atoms with van der Waals surface area (Å²) in [5, 5.41) is 2.86. The summed E-state index contributed by atoms with van der Waals surface area (Å²) in [5.74, 6) is -0.270. The number of rotatable bonds is 6. The first-order valence-corrected chi connectivity index (χ1v) is 7.15. The van der Waals surface area contributed by atoms with Gasteiger partial charge in [-0.3, -0.25) is 4.79 Å². The van der Waals surface area contributed by atoms with Crippen LogP contribution in [0.5, 0.6) is 5.75 Å². The Hall–Kier alpha value is -1.10. The molecule has 0 spiro atoms. The van der Waals surface area contributed by atoms with Gasteiger partial charge in [-0.15, -0.1) is 0 Å². The van der Waals surface area contributed by atoms with E-state index in [9.17, 15) is 9.18 Å². The fourth-order valence-electron chi connectivity index (χ4n) is 1.68. The molecule has 2 atom stereocenters. The lowest BCUT2D eigenvalue weighted by atomic mass is 10.2. The van der Waals surface area contributed by atoms with Gasteiger partial charge in [0.1, 0.15) is 11.6 Å². The summed E-state index contributed by atoms with van der Waals surface area (Å²) in [5.41, 5.74) is 0. The van der Waals surface area contributed by atoms with Gasteiger partial charge in [0.05, 0.1) is 4.47 Å². The van der Waals surface area contributed by atoms with Crippen molar-refractivity contribution >= 4 is 21.8 Å². The molecule has 19 heavy (non-hydrogen) atoms. The molecule has 2 unspecified atom stereocenters. The van der Waals surface area contributed by atoms with E-state index in [1.54, 1.807) is 13.0 Å². The highest BCUT2D eigenvalue weighted by molar-refractivity contribution is 9.10. The molecule has 0 fully saturated rings. The van der Waals surface area contributed by atoms with Crippen molar-refractivity contribution in [1.29, 1.82) is 0 Å². The van der Waals surface area contributed by atoms with Crippen molar-refractivity contribution in [3.63, 3.8) is 0 Å². The van der Waals surface area contributed by atoms with Gasteiger partial charge < -0.3 is 10.1 Å². The molecule has 106 valence electrons. The minimum Gasteiger partial charge on any atom is -0.480 e. The smallest absolute Gasteiger partial charge is 0.260 e. The number of carbonyl (C=O) groups excluding carboxylic acids is 1. The van der Waals surface area contributed by atoms with E-state index >= 15 is 0 Å². The van der Waals surface area contributed by atoms with Crippen molar-refractivity contribution in [2.45, 2.75) is 45.8 Å². The Labute approximate surface area is 121 Å². The maximum absolute atomic E-state index is 13.1. The molecule has 0 heterocycles. The summed E-state index contributed by atoms with van der Waals surface area (Å²) >= 11 is 3.26. The van der Waals surface area contributed by atoms with Gasteiger partial charge in [0, 0.05) is 12.1 Å². The minimum atomic E-state index is -0.669. The third kappa shape index (κ3) is 5.19. The molecule has 0 aliphatic heterocycles. The van der Waals surface area contributed by atoms with Gasteiger partial charge in [-0.1, -0.05) is 13.3 Å². The first kappa shape index (κ1) is 16.0. The molecule has 0 aromatic heterocycles. The van der Waals surface area contributed by atoms with E-state index in [1.807, 2.05) is 6.92 Å². The number of ether oxygens (including phenoxy) is 1. The molecule has 1 amide bonds. The third-order valence-corrected chi connectivity index (χ3v) is 3.33. The monoisotopic (exact) mass is 331 g/mol. The molecule has 0 aliphatic rings. The van der Waals surface area contributed by atoms with Gasteiger partial charge in [-0.25, -0.2) is 4.39 Å². The van der Waals surface area contributed by atoms with Crippen LogP contribution in [0, 0.1) is 5.82 Å². The lowest BCUT2D eigenvalue weighted by molar-refractivity contribution is -0.127. The molecule has 5 heteroatoms. The Morgan fingerprint density at radius 1 is 1.47 bits per heavy atom. The second kappa shape index (κ2) is 7.48. The number of amides is 1. The van der Waals surface area contributed by atoms with E-state index in [1.165, 1.54) is 12.1 Å². The summed E-state index contributed by atoms with van der Waals surface area (Å²) in [7, 11) is 0. The van der Waals surface area contributed by atoms with Gasteiger partial charge in [0.15, 0.2) is 6.10 Å². The molecule has 0 saturated carbocycles. The molecule has 0 aliphatic carbocycles. The normalized spacial score (nSPS) is 13.7. The summed E-state index contributed by atoms with van der Waals surface area (Å²) in [4.78, 5) is 11.9. The molecule has 0 bridgehead atoms. The van der Waals surface area contributed by atoms with Crippen molar-refractivity contribution in [2.24, 2.45) is 0 Å². The average Bonchev–Trinajstić information content (AvgIpc) is 2.34. The van der Waals surface area contributed by atoms with Crippen LogP contribution in [0.15, 0.2) is 22.7 Å². The standard InChI is InChI=1S/C14H19BrFNO2/c1-4-5-9(2)17-14(18)10(3)19-13-8-11(16)6-7-12(13)15/h6-10H,4-5H2,1-3H3,(H,17,18). The highest BCUT2D eigenvalue weighted by Crippen LogP contribution is 2.26. The van der Waals surface area contributed by atoms with Crippen molar-refractivity contribution in [2.75, 3.05) is 0 Å². The minimum absolute atomic E-state index is 0.111. The molecule has 1 rings (SSSR count). The SMILES string of the molecule is CCCC(C)NC(=O)C(C)Oc1cc(F)ccc1Br. The predicted octanol–water partition coefficient (Wildman–Crippen LogP) is 3.66. The zero-order chi connectivity index (χ0) is 14.4. The molecule has 0 saturated heterocycles. The quantitative estimate of drug-likeness (QED) is 0.863. The van der Waals surface area contributed by atoms with Crippen LogP contribution >= 0.6 is 15.9 Å². The van der Waals surface area contributed by atoms with Crippen molar-refractivity contribution in [3.8, 4) is 5.75 Å². The van der Waals surface area contributed by atoms with Crippen LogP contribution in [0.2, 0.25) is 0 Å². The van der Waals surface area contributed by atoms with Crippen LogP contribution in [0.4, 0.5) is 4.39 Å². The molecule has 3 nitrogen and oxygen atoms in total. The number of carbonyl (C=O) groups is 1. The van der Waals surface area contributed by atoms with E-state index in [-0.39, 0.29) is 11.9 Å². The summed E-state index contributed by atoms with van der Waals surface area (Å²) in [6.45, 7) is 5.66. The second-order valence-corrected chi connectivity index (χ2v) is 5.39. The number of hydrogen-bond acceptors (Lipinski definition) is 2. The summed E-state index contributed by atoms with van der Waals surface area (Å²) < 4.78 is 19.2. The lowest BCUT2D eigenvalue weighted by Crippen LogP contribution is -2.41. The molecular formula is C14H19BrFNO2. The number of benzene rings is 1. The number of hydrogen-bond donors (Lipinski definition) is 1. The molecule has 1 N–H and O–H groups in total.